The van der Waals surface area contributed by atoms with E-state index in [2.05, 4.69) is 0 Å². The van der Waals surface area contributed by atoms with E-state index in [1.54, 1.807) is 83.5 Å². The molecule has 0 spiro atoms. The summed E-state index contributed by atoms with van der Waals surface area (Å²) in [6.45, 7) is 3.08. The number of carbonyl (C=O) groups is 2. The van der Waals surface area contributed by atoms with Crippen LogP contribution in [0.4, 0.5) is 4.39 Å². The van der Waals surface area contributed by atoms with Crippen molar-refractivity contribution in [3.05, 3.63) is 101 Å². The van der Waals surface area contributed by atoms with Gasteiger partial charge in [-0.15, -0.1) is 0 Å². The highest BCUT2D eigenvalue weighted by atomic mass is 32.2. The third-order valence-electron chi connectivity index (χ3n) is 5.93. The number of halogens is 1. The molecule has 1 fully saturated rings. The fourth-order valence-corrected chi connectivity index (χ4v) is 5.25. The monoisotopic (exact) mass is 480 g/mol. The Morgan fingerprint density at radius 1 is 0.794 bits per heavy atom. The predicted molar refractivity (Wildman–Crippen MR) is 127 cm³/mol. The minimum atomic E-state index is -3.47. The molecule has 0 aromatic heterocycles. The molecule has 0 aliphatic carbocycles. The summed E-state index contributed by atoms with van der Waals surface area (Å²) in [6, 6.07) is 19.2. The zero-order chi connectivity index (χ0) is 24.3. The van der Waals surface area contributed by atoms with Crippen molar-refractivity contribution < 1.29 is 22.4 Å². The minimum absolute atomic E-state index is 0.147. The summed E-state index contributed by atoms with van der Waals surface area (Å²) < 4.78 is 38.9. The van der Waals surface area contributed by atoms with Crippen LogP contribution in [0.15, 0.2) is 77.7 Å². The van der Waals surface area contributed by atoms with Gasteiger partial charge in [-0.2, -0.15) is 0 Å². The van der Waals surface area contributed by atoms with Gasteiger partial charge in [0.2, 0.25) is 0 Å². The second-order valence-electron chi connectivity index (χ2n) is 8.32. The summed E-state index contributed by atoms with van der Waals surface area (Å²) in [5.74, 6) is -0.994. The van der Waals surface area contributed by atoms with Crippen molar-refractivity contribution in [1.82, 2.24) is 9.80 Å². The van der Waals surface area contributed by atoms with Crippen LogP contribution in [0, 0.1) is 12.7 Å². The van der Waals surface area contributed by atoms with Gasteiger partial charge >= 0.3 is 0 Å². The Balaban J connectivity index is 1.36. The predicted octanol–water partition coefficient (Wildman–Crippen LogP) is 3.71. The van der Waals surface area contributed by atoms with Gasteiger partial charge in [0.25, 0.3) is 11.8 Å². The van der Waals surface area contributed by atoms with Crippen molar-refractivity contribution in [3.8, 4) is 0 Å². The zero-order valence-corrected chi connectivity index (χ0v) is 19.6. The Morgan fingerprint density at radius 2 is 1.32 bits per heavy atom. The number of sulfone groups is 1. The number of benzene rings is 3. The Morgan fingerprint density at radius 3 is 1.88 bits per heavy atom. The van der Waals surface area contributed by atoms with Gasteiger partial charge in [0.05, 0.1) is 10.6 Å². The molecular formula is C26H25FN2O4S. The van der Waals surface area contributed by atoms with E-state index in [0.717, 1.165) is 0 Å². The first-order chi connectivity index (χ1) is 16.2. The first-order valence-corrected chi connectivity index (χ1v) is 12.6. The number of carbonyl (C=O) groups excluding carboxylic acids is 2. The van der Waals surface area contributed by atoms with Gasteiger partial charge in [-0.25, -0.2) is 12.8 Å². The normalized spacial score (nSPS) is 14.2. The van der Waals surface area contributed by atoms with Crippen LogP contribution in [0.1, 0.15) is 31.8 Å². The number of hydrogen-bond acceptors (Lipinski definition) is 4. The van der Waals surface area contributed by atoms with E-state index in [9.17, 15) is 22.4 Å². The summed E-state index contributed by atoms with van der Waals surface area (Å²) >= 11 is 0. The molecule has 34 heavy (non-hydrogen) atoms. The molecular weight excluding hydrogens is 455 g/mol. The standard InChI is InChI=1S/C26H25FN2O4S/c1-19-7-10-22(17-24(19)27)26(31)29-15-13-28(14-16-29)25(30)21-11-8-20(9-12-21)18-34(32,33)23-5-3-2-4-6-23/h2-12,17H,13-16,18H2,1H3. The quantitative estimate of drug-likeness (QED) is 0.558. The van der Waals surface area contributed by atoms with Crippen molar-refractivity contribution >= 4 is 21.7 Å². The van der Waals surface area contributed by atoms with Gasteiger partial charge in [0.1, 0.15) is 5.82 Å². The van der Waals surface area contributed by atoms with E-state index >= 15 is 0 Å². The Bertz CT molecular complexity index is 1300. The first kappa shape index (κ1) is 23.6. The molecule has 3 aromatic carbocycles. The molecule has 176 valence electrons. The fourth-order valence-electron chi connectivity index (χ4n) is 3.88. The number of nitrogens with zero attached hydrogens (tertiary/aromatic N) is 2. The molecule has 2 amide bonds. The van der Waals surface area contributed by atoms with Crippen LogP contribution in [0.3, 0.4) is 0 Å². The van der Waals surface area contributed by atoms with Crippen LogP contribution in [0.5, 0.6) is 0 Å². The van der Waals surface area contributed by atoms with Crippen LogP contribution in [-0.4, -0.2) is 56.2 Å². The number of rotatable bonds is 5. The van der Waals surface area contributed by atoms with Gasteiger partial charge in [-0.1, -0.05) is 36.4 Å². The van der Waals surface area contributed by atoms with E-state index in [1.165, 1.54) is 6.07 Å². The molecule has 8 heteroatoms. The summed E-state index contributed by atoms with van der Waals surface area (Å²) in [5.41, 5.74) is 1.84. The average Bonchev–Trinajstić information content (AvgIpc) is 2.86. The van der Waals surface area contributed by atoms with Crippen LogP contribution in [0.2, 0.25) is 0 Å². The summed E-state index contributed by atoms with van der Waals surface area (Å²) in [4.78, 5) is 29.1. The molecule has 0 N–H and O–H groups in total. The van der Waals surface area contributed by atoms with Crippen LogP contribution >= 0.6 is 0 Å². The van der Waals surface area contributed by atoms with Gasteiger partial charge in [-0.05, 0) is 54.4 Å². The maximum absolute atomic E-state index is 13.8. The van der Waals surface area contributed by atoms with E-state index in [-0.39, 0.29) is 22.5 Å². The Kier molecular flexibility index (Phi) is 6.79. The maximum Gasteiger partial charge on any atom is 0.254 e. The number of aryl methyl sites for hydroxylation is 1. The molecule has 0 unspecified atom stereocenters. The largest absolute Gasteiger partial charge is 0.335 e. The molecule has 0 radical (unpaired) electrons. The molecule has 0 bridgehead atoms. The van der Waals surface area contributed by atoms with Gasteiger partial charge in [-0.3, -0.25) is 9.59 Å². The highest BCUT2D eigenvalue weighted by Gasteiger charge is 2.26. The van der Waals surface area contributed by atoms with E-state index in [0.29, 0.717) is 48.4 Å². The number of amides is 2. The SMILES string of the molecule is Cc1ccc(C(=O)N2CCN(C(=O)c3ccc(CS(=O)(=O)c4ccccc4)cc3)CC2)cc1F. The van der Waals surface area contributed by atoms with Crippen molar-refractivity contribution in [2.75, 3.05) is 26.2 Å². The van der Waals surface area contributed by atoms with Gasteiger partial charge < -0.3 is 9.80 Å². The maximum atomic E-state index is 13.8. The molecule has 4 rings (SSSR count). The molecule has 1 aliphatic heterocycles. The third-order valence-corrected chi connectivity index (χ3v) is 7.64. The lowest BCUT2D eigenvalue weighted by Gasteiger charge is -2.35. The average molecular weight is 481 g/mol. The highest BCUT2D eigenvalue weighted by Crippen LogP contribution is 2.18. The van der Waals surface area contributed by atoms with Crippen molar-refractivity contribution in [3.63, 3.8) is 0 Å². The first-order valence-electron chi connectivity index (χ1n) is 11.0. The molecule has 0 saturated carbocycles. The second-order valence-corrected chi connectivity index (χ2v) is 10.3. The smallest absolute Gasteiger partial charge is 0.254 e. The van der Waals surface area contributed by atoms with Crippen molar-refractivity contribution in [2.45, 2.75) is 17.6 Å². The van der Waals surface area contributed by atoms with Crippen LogP contribution in [0.25, 0.3) is 0 Å². The lowest BCUT2D eigenvalue weighted by Crippen LogP contribution is -2.50. The summed E-state index contributed by atoms with van der Waals surface area (Å²) in [7, 11) is -3.47. The van der Waals surface area contributed by atoms with E-state index in [4.69, 9.17) is 0 Å². The molecule has 1 saturated heterocycles. The number of piperazine rings is 1. The van der Waals surface area contributed by atoms with Gasteiger partial charge in [0.15, 0.2) is 9.84 Å². The molecule has 3 aromatic rings. The lowest BCUT2D eigenvalue weighted by atomic mass is 10.1. The van der Waals surface area contributed by atoms with Crippen molar-refractivity contribution in [2.24, 2.45) is 0 Å². The topological polar surface area (TPSA) is 74.8 Å². The zero-order valence-electron chi connectivity index (χ0n) is 18.8. The molecule has 1 aliphatic rings. The number of hydrogen-bond donors (Lipinski definition) is 0. The lowest BCUT2D eigenvalue weighted by molar-refractivity contribution is 0.0535. The molecule has 0 atom stereocenters. The minimum Gasteiger partial charge on any atom is -0.335 e. The molecule has 1 heterocycles. The summed E-state index contributed by atoms with van der Waals surface area (Å²) in [5, 5.41) is 0. The summed E-state index contributed by atoms with van der Waals surface area (Å²) in [6.07, 6.45) is 0. The highest BCUT2D eigenvalue weighted by molar-refractivity contribution is 7.90. The Hall–Kier alpha value is -3.52. The van der Waals surface area contributed by atoms with E-state index < -0.39 is 15.7 Å². The molecule has 6 nitrogen and oxygen atoms in total. The Labute approximate surface area is 198 Å². The van der Waals surface area contributed by atoms with Gasteiger partial charge in [0, 0.05) is 37.3 Å². The van der Waals surface area contributed by atoms with Crippen molar-refractivity contribution in [1.29, 1.82) is 0 Å². The third kappa shape index (κ3) is 5.17. The second kappa shape index (κ2) is 9.77. The van der Waals surface area contributed by atoms with Crippen LogP contribution in [-0.2, 0) is 15.6 Å². The van der Waals surface area contributed by atoms with Crippen LogP contribution < -0.4 is 0 Å². The van der Waals surface area contributed by atoms with E-state index in [1.807, 2.05) is 0 Å². The fraction of sp³-hybridized carbons (Fsp3) is 0.231.